The summed E-state index contributed by atoms with van der Waals surface area (Å²) in [5.41, 5.74) is 0. The summed E-state index contributed by atoms with van der Waals surface area (Å²) in [6.45, 7) is 1.74. The van der Waals surface area contributed by atoms with Crippen molar-refractivity contribution in [2.75, 3.05) is 0 Å². The molecular weight excluding hydrogens is 336 g/mol. The maximum Gasteiger partial charge on any atom is 0.303 e. The first-order chi connectivity index (χ1) is 12.4. The van der Waals surface area contributed by atoms with E-state index in [1.807, 2.05) is 12.2 Å². The largest absolute Gasteiger partial charge is 0.495 e. The van der Waals surface area contributed by atoms with Gasteiger partial charge in [-0.2, -0.15) is 0 Å². The highest BCUT2D eigenvalue weighted by molar-refractivity contribution is 5.66. The maximum atomic E-state index is 10.5. The lowest BCUT2D eigenvalue weighted by molar-refractivity contribution is -0.137. The van der Waals surface area contributed by atoms with Crippen LogP contribution in [0, 0.1) is 11.8 Å². The van der Waals surface area contributed by atoms with Crippen LogP contribution in [0.1, 0.15) is 58.3 Å². The van der Waals surface area contributed by atoms with Gasteiger partial charge in [-0.3, -0.25) is 4.79 Å². The number of allylic oxidation sites excluding steroid dienone is 2. The van der Waals surface area contributed by atoms with Crippen molar-refractivity contribution in [1.82, 2.24) is 0 Å². The quantitative estimate of drug-likeness (QED) is 0.348. The molecule has 0 aromatic carbocycles. The normalized spacial score (nSPS) is 31.9. The van der Waals surface area contributed by atoms with Crippen molar-refractivity contribution >= 4 is 5.97 Å². The second-order valence-corrected chi connectivity index (χ2v) is 7.59. The molecule has 26 heavy (non-hydrogen) atoms. The zero-order chi connectivity index (χ0) is 19.1. The molecule has 4 N–H and O–H groups in total. The van der Waals surface area contributed by atoms with E-state index in [1.54, 1.807) is 13.0 Å². The molecule has 1 saturated heterocycles. The fraction of sp³-hybridized carbons (Fsp3) is 0.750. The molecule has 148 valence electrons. The lowest BCUT2D eigenvalue weighted by Crippen LogP contribution is -2.18. The summed E-state index contributed by atoms with van der Waals surface area (Å²) in [4.78, 5) is 10.5. The Hall–Kier alpha value is -1.37. The molecule has 2 fully saturated rings. The van der Waals surface area contributed by atoms with Crippen molar-refractivity contribution in [3.63, 3.8) is 0 Å². The van der Waals surface area contributed by atoms with Crippen LogP contribution in [0.4, 0.5) is 0 Å². The van der Waals surface area contributed by atoms with Gasteiger partial charge in [-0.1, -0.05) is 12.2 Å². The lowest BCUT2D eigenvalue weighted by Gasteiger charge is -2.16. The number of aliphatic hydroxyl groups excluding tert-OH is 3. The first kappa shape index (κ1) is 20.9. The molecule has 1 aliphatic heterocycles. The predicted molar refractivity (Wildman–Crippen MR) is 97.3 cm³/mol. The van der Waals surface area contributed by atoms with E-state index in [0.717, 1.165) is 18.6 Å². The number of carboxylic acids is 1. The number of hydrogen-bond donors (Lipinski definition) is 4. The highest BCUT2D eigenvalue weighted by Gasteiger charge is 2.46. The molecule has 1 heterocycles. The third kappa shape index (κ3) is 6.41. The molecule has 0 bridgehead atoms. The first-order valence-corrected chi connectivity index (χ1v) is 9.66. The molecule has 2 aliphatic rings. The molecule has 0 spiro atoms. The fourth-order valence-electron chi connectivity index (χ4n) is 3.87. The molecule has 1 unspecified atom stereocenters. The number of carboxylic acid groups (broad SMARTS) is 1. The predicted octanol–water partition coefficient (Wildman–Crippen LogP) is 2.38. The van der Waals surface area contributed by atoms with Crippen LogP contribution < -0.4 is 0 Å². The van der Waals surface area contributed by atoms with Crippen molar-refractivity contribution < 1.29 is 30.0 Å². The van der Waals surface area contributed by atoms with Gasteiger partial charge in [-0.05, 0) is 45.1 Å². The van der Waals surface area contributed by atoms with Gasteiger partial charge in [0.2, 0.25) is 0 Å². The van der Waals surface area contributed by atoms with Crippen LogP contribution in [0.2, 0.25) is 0 Å². The molecule has 0 aromatic heterocycles. The Labute approximate surface area is 155 Å². The van der Waals surface area contributed by atoms with E-state index in [9.17, 15) is 20.1 Å². The summed E-state index contributed by atoms with van der Waals surface area (Å²) in [7, 11) is 0. The Balaban J connectivity index is 1.81. The molecule has 1 saturated carbocycles. The van der Waals surface area contributed by atoms with Crippen LogP contribution in [0.3, 0.4) is 0 Å². The van der Waals surface area contributed by atoms with Crippen LogP contribution in [0.25, 0.3) is 0 Å². The Morgan fingerprint density at radius 2 is 2.08 bits per heavy atom. The standard InChI is InChI=1S/C20H32O6/c1-13(21)5-4-6-14(22)9-10-16-17-11-15(7-2-3-8-20(24)25)26-19(17)12-18(16)23/h7,9-10,13-14,16-19,21-23H,2-6,8,11-12H2,1H3,(H,24,25)/b10-9+,15-7-/t13?,14-,16+,17+,18+,19-/m0/s1. The number of ether oxygens (including phenoxy) is 1. The van der Waals surface area contributed by atoms with Gasteiger partial charge in [0, 0.05) is 31.1 Å². The number of hydrogen-bond acceptors (Lipinski definition) is 5. The van der Waals surface area contributed by atoms with E-state index in [4.69, 9.17) is 9.84 Å². The Bertz CT molecular complexity index is 512. The molecule has 6 nitrogen and oxygen atoms in total. The van der Waals surface area contributed by atoms with Gasteiger partial charge < -0.3 is 25.2 Å². The van der Waals surface area contributed by atoms with Gasteiger partial charge in [0.15, 0.2) is 0 Å². The second-order valence-electron chi connectivity index (χ2n) is 7.59. The van der Waals surface area contributed by atoms with Crippen LogP contribution in [0.15, 0.2) is 24.0 Å². The Kier molecular flexibility index (Phi) is 8.13. The fourth-order valence-corrected chi connectivity index (χ4v) is 3.87. The van der Waals surface area contributed by atoms with E-state index in [-0.39, 0.29) is 30.5 Å². The van der Waals surface area contributed by atoms with Crippen molar-refractivity contribution in [2.45, 2.75) is 82.7 Å². The zero-order valence-electron chi connectivity index (χ0n) is 15.5. The third-order valence-electron chi connectivity index (χ3n) is 5.27. The number of rotatable bonds is 10. The van der Waals surface area contributed by atoms with Crippen molar-refractivity contribution in [3.8, 4) is 0 Å². The van der Waals surface area contributed by atoms with E-state index in [0.29, 0.717) is 32.1 Å². The van der Waals surface area contributed by atoms with Crippen molar-refractivity contribution in [3.05, 3.63) is 24.0 Å². The summed E-state index contributed by atoms with van der Waals surface area (Å²) < 4.78 is 5.92. The van der Waals surface area contributed by atoms with E-state index >= 15 is 0 Å². The highest BCUT2D eigenvalue weighted by atomic mass is 16.5. The molecule has 6 atom stereocenters. The number of unbranched alkanes of at least 4 members (excludes halogenated alkanes) is 1. The molecule has 1 aliphatic carbocycles. The minimum absolute atomic E-state index is 0.00208. The Morgan fingerprint density at radius 1 is 1.31 bits per heavy atom. The topological polar surface area (TPSA) is 107 Å². The molecule has 0 radical (unpaired) electrons. The molecule has 0 amide bonds. The van der Waals surface area contributed by atoms with Crippen molar-refractivity contribution in [2.24, 2.45) is 11.8 Å². The summed E-state index contributed by atoms with van der Waals surface area (Å²) >= 11 is 0. The van der Waals surface area contributed by atoms with E-state index < -0.39 is 18.2 Å². The number of fused-ring (bicyclic) bond motifs is 1. The van der Waals surface area contributed by atoms with Gasteiger partial charge >= 0.3 is 5.97 Å². The van der Waals surface area contributed by atoms with E-state index in [2.05, 4.69) is 0 Å². The minimum atomic E-state index is -0.784. The lowest BCUT2D eigenvalue weighted by atomic mass is 9.90. The number of carbonyl (C=O) groups is 1. The Morgan fingerprint density at radius 3 is 2.77 bits per heavy atom. The van der Waals surface area contributed by atoms with Gasteiger partial charge in [-0.15, -0.1) is 0 Å². The van der Waals surface area contributed by atoms with Crippen LogP contribution in [-0.2, 0) is 9.53 Å². The van der Waals surface area contributed by atoms with Crippen molar-refractivity contribution in [1.29, 1.82) is 0 Å². The summed E-state index contributed by atoms with van der Waals surface area (Å²) in [6, 6.07) is 0. The first-order valence-electron chi connectivity index (χ1n) is 9.66. The van der Waals surface area contributed by atoms with Gasteiger partial charge in [-0.25, -0.2) is 0 Å². The monoisotopic (exact) mass is 368 g/mol. The summed E-state index contributed by atoms with van der Waals surface area (Å²) in [5.74, 6) is 0.286. The van der Waals surface area contributed by atoms with Gasteiger partial charge in [0.05, 0.1) is 24.1 Å². The molecule has 0 aromatic rings. The second kappa shape index (κ2) is 10.1. The van der Waals surface area contributed by atoms with E-state index in [1.165, 1.54) is 0 Å². The SMILES string of the molecule is CC(O)CCC[C@H](O)/C=C/[C@@H]1[C@H]2C/C(=C/CCCC(=O)O)O[C@H]2C[C@H]1O. The molecule has 6 heteroatoms. The zero-order valence-corrected chi connectivity index (χ0v) is 15.5. The average Bonchev–Trinajstić information content (AvgIpc) is 3.05. The van der Waals surface area contributed by atoms with Crippen LogP contribution >= 0.6 is 0 Å². The van der Waals surface area contributed by atoms with Gasteiger partial charge in [0.1, 0.15) is 6.10 Å². The van der Waals surface area contributed by atoms with Crippen LogP contribution in [-0.4, -0.2) is 50.8 Å². The van der Waals surface area contributed by atoms with Gasteiger partial charge in [0.25, 0.3) is 0 Å². The third-order valence-corrected chi connectivity index (χ3v) is 5.27. The highest BCUT2D eigenvalue weighted by Crippen LogP contribution is 2.45. The summed E-state index contributed by atoms with van der Waals surface area (Å²) in [5, 5.41) is 38.3. The maximum absolute atomic E-state index is 10.5. The number of aliphatic hydroxyl groups is 3. The molecular formula is C20H32O6. The minimum Gasteiger partial charge on any atom is -0.495 e. The number of aliphatic carboxylic acids is 1. The smallest absolute Gasteiger partial charge is 0.303 e. The van der Waals surface area contributed by atoms with Crippen LogP contribution in [0.5, 0.6) is 0 Å². The summed E-state index contributed by atoms with van der Waals surface area (Å²) in [6.07, 6.45) is 9.09. The molecule has 2 rings (SSSR count). The average molecular weight is 368 g/mol.